The van der Waals surface area contributed by atoms with Gasteiger partial charge in [-0.25, -0.2) is 9.37 Å². The molecule has 0 atom stereocenters. The molecular weight excluding hydrogens is 437 g/mol. The van der Waals surface area contributed by atoms with Crippen LogP contribution in [-0.4, -0.2) is 23.3 Å². The van der Waals surface area contributed by atoms with Gasteiger partial charge in [0.1, 0.15) is 23.0 Å². The molecule has 1 fully saturated rings. The van der Waals surface area contributed by atoms with Crippen LogP contribution in [0, 0.1) is 12.7 Å². The zero-order chi connectivity index (χ0) is 24.1. The Labute approximate surface area is 198 Å². The van der Waals surface area contributed by atoms with E-state index in [4.69, 9.17) is 9.25 Å². The van der Waals surface area contributed by atoms with Crippen molar-refractivity contribution in [3.8, 4) is 0 Å². The summed E-state index contributed by atoms with van der Waals surface area (Å²) in [6.07, 6.45) is 7.21. The monoisotopic (exact) mass is 467 g/mol. The van der Waals surface area contributed by atoms with Crippen LogP contribution in [0.2, 0.25) is 0 Å². The summed E-state index contributed by atoms with van der Waals surface area (Å²) in [7, 11) is 0. The molecule has 2 N–H and O–H groups in total. The predicted molar refractivity (Wildman–Crippen MR) is 127 cm³/mol. The van der Waals surface area contributed by atoms with Gasteiger partial charge in [-0.1, -0.05) is 26.2 Å². The van der Waals surface area contributed by atoms with E-state index in [2.05, 4.69) is 15.8 Å². The average molecular weight is 468 g/mol. The highest BCUT2D eigenvalue weighted by Gasteiger charge is 2.25. The molecule has 4 rings (SSSR count). The molecule has 0 spiro atoms. The molecule has 2 aromatic heterocycles. The predicted octanol–water partition coefficient (Wildman–Crippen LogP) is 5.58. The van der Waals surface area contributed by atoms with Crippen LogP contribution >= 0.6 is 0 Å². The summed E-state index contributed by atoms with van der Waals surface area (Å²) in [4.78, 5) is 32.3. The number of carbonyl (C=O) groups is 2. The number of hydrogen-bond acceptors (Lipinski definition) is 7. The number of anilines is 1. The summed E-state index contributed by atoms with van der Waals surface area (Å²) >= 11 is 0. The number of Topliss-reactive ketones (excluding diaryl/α,β-unsaturated/α-hetero) is 1. The third kappa shape index (κ3) is 5.28. The molecule has 1 aliphatic carbocycles. The van der Waals surface area contributed by atoms with Crippen molar-refractivity contribution in [2.75, 3.05) is 11.9 Å². The molecule has 0 radical (unpaired) electrons. The topological polar surface area (TPSA) is 93.5 Å². The van der Waals surface area contributed by atoms with Crippen LogP contribution in [0.5, 0.6) is 0 Å². The minimum atomic E-state index is -0.431. The molecule has 1 aliphatic rings. The molecule has 3 aromatic rings. The summed E-state index contributed by atoms with van der Waals surface area (Å²) in [5, 5.41) is 4.11. The second-order valence-electron chi connectivity index (χ2n) is 8.68. The number of hydroxylamine groups is 1. The number of pyridine rings is 1. The minimum absolute atomic E-state index is 0.127. The maximum atomic E-state index is 14.9. The van der Waals surface area contributed by atoms with Crippen molar-refractivity contribution < 1.29 is 23.2 Å². The second-order valence-corrected chi connectivity index (χ2v) is 8.68. The summed E-state index contributed by atoms with van der Waals surface area (Å²) in [5.41, 5.74) is 5.22. The van der Waals surface area contributed by atoms with Gasteiger partial charge >= 0.3 is 5.97 Å². The summed E-state index contributed by atoms with van der Waals surface area (Å²) in [6.45, 7) is 3.91. The lowest BCUT2D eigenvalue weighted by molar-refractivity contribution is -0.150. The third-order valence-corrected chi connectivity index (χ3v) is 6.42. The molecule has 180 valence electrons. The molecule has 0 amide bonds. The van der Waals surface area contributed by atoms with E-state index < -0.39 is 5.97 Å². The van der Waals surface area contributed by atoms with Crippen LogP contribution in [0.1, 0.15) is 78.6 Å². The second kappa shape index (κ2) is 10.8. The first-order chi connectivity index (χ1) is 16.5. The number of furan rings is 1. The first kappa shape index (κ1) is 23.9. The Morgan fingerprint density at radius 2 is 1.97 bits per heavy atom. The maximum Gasteiger partial charge on any atom is 0.324 e. The molecule has 7 nitrogen and oxygen atoms in total. The van der Waals surface area contributed by atoms with Gasteiger partial charge in [-0.3, -0.25) is 9.59 Å². The van der Waals surface area contributed by atoms with Crippen LogP contribution in [0.3, 0.4) is 0 Å². The largest absolute Gasteiger partial charge is 0.459 e. The van der Waals surface area contributed by atoms with Crippen molar-refractivity contribution in [1.29, 1.82) is 0 Å². The number of rotatable bonds is 9. The van der Waals surface area contributed by atoms with Crippen LogP contribution in [0.4, 0.5) is 10.2 Å². The number of nitrogens with zero attached hydrogens (tertiary/aromatic N) is 1. The third-order valence-electron chi connectivity index (χ3n) is 6.42. The Kier molecular flexibility index (Phi) is 7.57. The Balaban J connectivity index is 1.43. The maximum absolute atomic E-state index is 14.9. The van der Waals surface area contributed by atoms with Gasteiger partial charge in [-0.15, -0.1) is 5.48 Å². The van der Waals surface area contributed by atoms with E-state index in [0.717, 1.165) is 48.0 Å². The van der Waals surface area contributed by atoms with Gasteiger partial charge in [0.15, 0.2) is 5.78 Å². The molecule has 2 heterocycles. The lowest BCUT2D eigenvalue weighted by Gasteiger charge is -2.23. The van der Waals surface area contributed by atoms with E-state index in [1.54, 1.807) is 25.1 Å². The molecule has 1 saturated carbocycles. The average Bonchev–Trinajstić information content (AvgIpc) is 3.18. The van der Waals surface area contributed by atoms with E-state index >= 15 is 0 Å². The molecule has 34 heavy (non-hydrogen) atoms. The normalized spacial score (nSPS) is 14.3. The summed E-state index contributed by atoms with van der Waals surface area (Å²) in [5.74, 6) is 0.736. The van der Waals surface area contributed by atoms with Crippen molar-refractivity contribution in [2.24, 2.45) is 0 Å². The zero-order valence-corrected chi connectivity index (χ0v) is 19.6. The zero-order valence-electron chi connectivity index (χ0n) is 19.6. The van der Waals surface area contributed by atoms with Gasteiger partial charge in [-0.2, -0.15) is 0 Å². The highest BCUT2D eigenvalue weighted by Crippen LogP contribution is 2.40. The van der Waals surface area contributed by atoms with Crippen molar-refractivity contribution in [1.82, 2.24) is 10.5 Å². The Bertz CT molecular complexity index is 1170. The van der Waals surface area contributed by atoms with Crippen LogP contribution in [0.15, 0.2) is 34.9 Å². The standard InChI is InChI=1S/C26H30FN3O4/c1-3-24(32)34-30-14-20(31)18-9-12-23(28-13-18)29-15-22-16(2)25-21(33-22)11-10-19(27)26(25)17-7-5-4-6-8-17/h9-13,17,30H,3-8,14-15H2,1-2H3,(H,28,29). The lowest BCUT2D eigenvalue weighted by Crippen LogP contribution is -2.26. The van der Waals surface area contributed by atoms with E-state index in [-0.39, 0.29) is 30.5 Å². The van der Waals surface area contributed by atoms with Crippen LogP contribution < -0.4 is 10.8 Å². The van der Waals surface area contributed by atoms with E-state index in [0.29, 0.717) is 23.5 Å². The van der Waals surface area contributed by atoms with Gasteiger partial charge in [0.2, 0.25) is 0 Å². The summed E-state index contributed by atoms with van der Waals surface area (Å²) < 4.78 is 20.9. The van der Waals surface area contributed by atoms with Crippen molar-refractivity contribution in [3.63, 3.8) is 0 Å². The molecule has 0 bridgehead atoms. The fourth-order valence-electron chi connectivity index (χ4n) is 4.54. The van der Waals surface area contributed by atoms with Gasteiger partial charge in [0, 0.05) is 34.7 Å². The van der Waals surface area contributed by atoms with Crippen molar-refractivity contribution in [2.45, 2.75) is 64.8 Å². The van der Waals surface area contributed by atoms with Crippen molar-refractivity contribution >= 4 is 28.5 Å². The highest BCUT2D eigenvalue weighted by atomic mass is 19.1. The number of carbonyl (C=O) groups excluding carboxylic acids is 2. The smallest absolute Gasteiger partial charge is 0.324 e. The SMILES string of the molecule is CCC(=O)ONCC(=O)c1ccc(NCc2oc3ccc(F)c(C4CCCCC4)c3c2C)nc1. The number of aromatic nitrogens is 1. The fraction of sp³-hybridized carbons (Fsp3) is 0.423. The number of ketones is 1. The minimum Gasteiger partial charge on any atom is -0.459 e. The molecule has 8 heteroatoms. The molecule has 0 saturated heterocycles. The van der Waals surface area contributed by atoms with E-state index in [1.807, 2.05) is 6.92 Å². The molecular formula is C26H30FN3O4. The highest BCUT2D eigenvalue weighted by molar-refractivity contribution is 5.97. The molecule has 0 unspecified atom stereocenters. The Morgan fingerprint density at radius 3 is 2.68 bits per heavy atom. The van der Waals surface area contributed by atoms with Gasteiger partial charge in [0.25, 0.3) is 0 Å². The number of nitrogens with one attached hydrogen (secondary N) is 2. The number of halogens is 1. The van der Waals surface area contributed by atoms with E-state index in [9.17, 15) is 14.0 Å². The van der Waals surface area contributed by atoms with E-state index in [1.165, 1.54) is 18.7 Å². The number of fused-ring (bicyclic) bond motifs is 1. The molecule has 1 aromatic carbocycles. The quantitative estimate of drug-likeness (QED) is 0.314. The Hall–Kier alpha value is -3.26. The van der Waals surface area contributed by atoms with Crippen LogP contribution in [-0.2, 0) is 16.2 Å². The number of benzene rings is 1. The van der Waals surface area contributed by atoms with Gasteiger partial charge in [-0.05, 0) is 49.9 Å². The lowest BCUT2D eigenvalue weighted by atomic mass is 9.82. The van der Waals surface area contributed by atoms with Crippen molar-refractivity contribution in [3.05, 3.63) is 58.7 Å². The summed E-state index contributed by atoms with van der Waals surface area (Å²) in [6, 6.07) is 6.58. The molecule has 0 aliphatic heterocycles. The van der Waals surface area contributed by atoms with Gasteiger partial charge in [0.05, 0.1) is 13.1 Å². The number of hydrogen-bond donors (Lipinski definition) is 2. The fourth-order valence-corrected chi connectivity index (χ4v) is 4.54. The first-order valence-electron chi connectivity index (χ1n) is 11.8. The Morgan fingerprint density at radius 1 is 1.18 bits per heavy atom. The first-order valence-corrected chi connectivity index (χ1v) is 11.8. The number of aryl methyl sites for hydroxylation is 1. The van der Waals surface area contributed by atoms with Crippen LogP contribution in [0.25, 0.3) is 11.0 Å². The van der Waals surface area contributed by atoms with Gasteiger partial charge < -0.3 is 14.6 Å².